The summed E-state index contributed by atoms with van der Waals surface area (Å²) in [6.45, 7) is 11.0. The highest BCUT2D eigenvalue weighted by molar-refractivity contribution is 5.97. The van der Waals surface area contributed by atoms with Gasteiger partial charge in [0, 0.05) is 43.1 Å². The number of amides is 4. The van der Waals surface area contributed by atoms with Crippen molar-refractivity contribution in [3.8, 4) is 0 Å². The number of benzene rings is 4. The Balaban J connectivity index is 0.000000214. The Labute approximate surface area is 329 Å². The molecule has 12 nitrogen and oxygen atoms in total. The van der Waals surface area contributed by atoms with Gasteiger partial charge in [-0.3, -0.25) is 14.6 Å². The molecule has 4 amide bonds. The molecule has 2 aliphatic rings. The van der Waals surface area contributed by atoms with Crippen LogP contribution in [0.5, 0.6) is 0 Å². The van der Waals surface area contributed by atoms with Crippen molar-refractivity contribution < 1.29 is 33.4 Å². The van der Waals surface area contributed by atoms with Gasteiger partial charge < -0.3 is 29.7 Å². The quantitative estimate of drug-likeness (QED) is 0.146. The first-order chi connectivity index (χ1) is 26.9. The molecule has 56 heavy (non-hydrogen) atoms. The number of methoxy groups -OCH3 is 1. The molecule has 4 aromatic carbocycles. The predicted molar refractivity (Wildman–Crippen MR) is 217 cm³/mol. The lowest BCUT2D eigenvalue weighted by molar-refractivity contribution is -0.0538. The summed E-state index contributed by atoms with van der Waals surface area (Å²) in [4.78, 5) is 57.3. The number of anilines is 2. The number of morpholine rings is 2. The second-order valence-electron chi connectivity index (χ2n) is 14.2. The third-order valence-electron chi connectivity index (χ3n) is 9.50. The van der Waals surface area contributed by atoms with Gasteiger partial charge in [-0.15, -0.1) is 0 Å². The fraction of sp³-hybridized carbons (Fsp3) is 0.364. The van der Waals surface area contributed by atoms with Crippen LogP contribution in [0.2, 0.25) is 0 Å². The molecule has 296 valence electrons. The van der Waals surface area contributed by atoms with Crippen molar-refractivity contribution >= 4 is 35.2 Å². The first-order valence-electron chi connectivity index (χ1n) is 19.0. The molecule has 2 N–H and O–H groups in total. The molecule has 0 aromatic heterocycles. The largest absolute Gasteiger partial charge is 0.465 e. The van der Waals surface area contributed by atoms with Crippen LogP contribution in [0.3, 0.4) is 0 Å². The molecule has 6 rings (SSSR count). The first kappa shape index (κ1) is 41.6. The lowest BCUT2D eigenvalue weighted by Crippen LogP contribution is -2.52. The van der Waals surface area contributed by atoms with Crippen molar-refractivity contribution in [1.82, 2.24) is 9.80 Å². The van der Waals surface area contributed by atoms with Gasteiger partial charge in [0.2, 0.25) is 0 Å². The zero-order chi connectivity index (χ0) is 40.2. The number of esters is 1. The van der Waals surface area contributed by atoms with Crippen LogP contribution >= 0.6 is 0 Å². The van der Waals surface area contributed by atoms with E-state index in [-0.39, 0.29) is 54.8 Å². The first-order valence-corrected chi connectivity index (χ1v) is 19.0. The normalized spacial score (nSPS) is 19.2. The molecule has 0 saturated carbocycles. The highest BCUT2D eigenvalue weighted by atomic mass is 16.5. The van der Waals surface area contributed by atoms with Crippen molar-refractivity contribution in [2.75, 3.05) is 49.6 Å². The number of ketones is 1. The molecule has 4 atom stereocenters. The molecule has 2 heterocycles. The monoisotopic (exact) mass is 763 g/mol. The molecule has 2 saturated heterocycles. The number of carbonyl (C=O) groups excluding carboxylic acids is 4. The number of hydrogen-bond donors (Lipinski definition) is 1. The fourth-order valence-electron chi connectivity index (χ4n) is 6.91. The number of rotatable bonds is 9. The fourth-order valence-corrected chi connectivity index (χ4v) is 6.91. The number of Topliss-reactive ketones (excluding diaryl/α,β-unsaturated/α-hetero) is 1. The molecule has 12 heteroatoms. The average molecular weight is 764 g/mol. The van der Waals surface area contributed by atoms with Gasteiger partial charge >= 0.3 is 18.0 Å². The summed E-state index contributed by atoms with van der Waals surface area (Å²) in [7, 11) is 1.36. The molecule has 2 aliphatic heterocycles. The zero-order valence-electron chi connectivity index (χ0n) is 32.9. The highest BCUT2D eigenvalue weighted by Crippen LogP contribution is 2.24. The van der Waals surface area contributed by atoms with Gasteiger partial charge in [-0.2, -0.15) is 0 Å². The molecule has 0 spiro atoms. The summed E-state index contributed by atoms with van der Waals surface area (Å²) in [6.07, 6.45) is 0.0214. The molecule has 0 aliphatic carbocycles. The van der Waals surface area contributed by atoms with Crippen molar-refractivity contribution in [3.05, 3.63) is 131 Å². The summed E-state index contributed by atoms with van der Waals surface area (Å²) >= 11 is 0. The van der Waals surface area contributed by atoms with Crippen molar-refractivity contribution in [2.45, 2.75) is 65.2 Å². The van der Waals surface area contributed by atoms with Crippen LogP contribution in [0.1, 0.15) is 59.5 Å². The zero-order valence-corrected chi connectivity index (χ0v) is 32.9. The van der Waals surface area contributed by atoms with E-state index < -0.39 is 0 Å². The summed E-state index contributed by atoms with van der Waals surface area (Å²) in [5.74, 6) is -0.474. The number of nitrogens with zero attached hydrogens (tertiary/aromatic N) is 4. The second-order valence-corrected chi connectivity index (χ2v) is 14.2. The van der Waals surface area contributed by atoms with E-state index >= 15 is 0 Å². The molecular weight excluding hydrogens is 711 g/mol. The van der Waals surface area contributed by atoms with Crippen molar-refractivity contribution in [1.29, 1.82) is 0 Å². The summed E-state index contributed by atoms with van der Waals surface area (Å²) in [5.41, 5.74) is 10.0. The van der Waals surface area contributed by atoms with Crippen LogP contribution in [0.4, 0.5) is 21.0 Å². The van der Waals surface area contributed by atoms with Gasteiger partial charge in [0.25, 0.3) is 0 Å². The van der Waals surface area contributed by atoms with Crippen molar-refractivity contribution in [3.63, 3.8) is 0 Å². The standard InChI is InChI=1S/C22H27N3O3.C22H26N2O4/c1-16-13-24(14-17(2)28-16)22(27)25(20-6-4-3-5-7-20)15-18-8-10-19(11-9-18)21(26)12-23;1-16-13-23(14-17(2)28-16)22(26)24(20-7-5-4-6-8-20)15-18-9-11-19(12-10-18)21(25)27-3/h3-11,16-17H,12-15,23H2,1-2H3;4-12,16-17H,13-15H2,1-3H3/t2*16-,17+. The Kier molecular flexibility index (Phi) is 14.7. The second kappa shape index (κ2) is 19.9. The third-order valence-corrected chi connectivity index (χ3v) is 9.50. The van der Waals surface area contributed by atoms with Gasteiger partial charge in [0.1, 0.15) is 0 Å². The maximum Gasteiger partial charge on any atom is 0.337 e. The Bertz CT molecular complexity index is 1730. The summed E-state index contributed by atoms with van der Waals surface area (Å²) in [5, 5.41) is 0. The van der Waals surface area contributed by atoms with Gasteiger partial charge in [-0.05, 0) is 75.2 Å². The minimum atomic E-state index is -0.376. The molecule has 0 bridgehead atoms. The number of hydrogen-bond acceptors (Lipinski definition) is 8. The summed E-state index contributed by atoms with van der Waals surface area (Å²) < 4.78 is 16.3. The van der Waals surface area contributed by atoms with E-state index in [2.05, 4.69) is 0 Å². The average Bonchev–Trinajstić information content (AvgIpc) is 3.21. The molecule has 4 aromatic rings. The van der Waals surface area contributed by atoms with Crippen LogP contribution in [0, 0.1) is 0 Å². The van der Waals surface area contributed by atoms with E-state index in [1.54, 1.807) is 34.1 Å². The number of carbonyl (C=O) groups is 4. The minimum Gasteiger partial charge on any atom is -0.465 e. The Morgan fingerprint density at radius 2 is 0.946 bits per heavy atom. The Morgan fingerprint density at radius 3 is 1.29 bits per heavy atom. The molecule has 0 unspecified atom stereocenters. The predicted octanol–water partition coefficient (Wildman–Crippen LogP) is 6.77. The van der Waals surface area contributed by atoms with Crippen LogP contribution in [-0.2, 0) is 27.3 Å². The lowest BCUT2D eigenvalue weighted by Gasteiger charge is -2.38. The van der Waals surface area contributed by atoms with E-state index in [0.29, 0.717) is 50.4 Å². The topological polar surface area (TPSA) is 135 Å². The SMILES string of the molecule is COC(=O)c1ccc(CN(C(=O)N2C[C@@H](C)O[C@@H](C)C2)c2ccccc2)cc1.C[C@@H]1CN(C(=O)N(Cc2ccc(C(=O)CN)cc2)c2ccccc2)C[C@H](C)O1. The van der Waals surface area contributed by atoms with E-state index in [1.165, 1.54) is 7.11 Å². The Morgan fingerprint density at radius 1 is 0.589 bits per heavy atom. The van der Waals surface area contributed by atoms with Crippen LogP contribution in [0.15, 0.2) is 109 Å². The number of para-hydroxylation sites is 2. The minimum absolute atomic E-state index is 0.00432. The van der Waals surface area contributed by atoms with E-state index in [0.717, 1.165) is 22.5 Å². The van der Waals surface area contributed by atoms with Gasteiger partial charge in [-0.25, -0.2) is 14.4 Å². The molecule has 2 fully saturated rings. The number of nitrogens with two attached hydrogens (primary N) is 1. The molecular formula is C44H53N5O7. The highest BCUT2D eigenvalue weighted by Gasteiger charge is 2.31. The summed E-state index contributed by atoms with van der Waals surface area (Å²) in [6, 6.07) is 33.5. The molecule has 0 radical (unpaired) electrons. The maximum atomic E-state index is 13.3. The van der Waals surface area contributed by atoms with Crippen molar-refractivity contribution in [2.24, 2.45) is 5.73 Å². The van der Waals surface area contributed by atoms with Gasteiger partial charge in [-0.1, -0.05) is 72.8 Å². The number of ether oxygens (including phenoxy) is 3. The van der Waals surface area contributed by atoms with Crippen LogP contribution in [-0.4, -0.2) is 97.9 Å². The van der Waals surface area contributed by atoms with Crippen LogP contribution < -0.4 is 15.5 Å². The number of urea groups is 2. The maximum absolute atomic E-state index is 13.3. The van der Waals surface area contributed by atoms with Gasteiger partial charge in [0.05, 0.1) is 56.7 Å². The van der Waals surface area contributed by atoms with E-state index in [4.69, 9.17) is 19.9 Å². The van der Waals surface area contributed by atoms with Crippen LogP contribution in [0.25, 0.3) is 0 Å². The van der Waals surface area contributed by atoms with Gasteiger partial charge in [0.15, 0.2) is 5.78 Å². The third kappa shape index (κ3) is 11.2. The lowest BCUT2D eigenvalue weighted by atomic mass is 10.1. The smallest absolute Gasteiger partial charge is 0.337 e. The Hall–Kier alpha value is -5.56. The van der Waals surface area contributed by atoms with E-state index in [9.17, 15) is 19.2 Å². The van der Waals surface area contributed by atoms with E-state index in [1.807, 2.05) is 122 Å².